The van der Waals surface area contributed by atoms with Crippen molar-refractivity contribution in [3.63, 3.8) is 0 Å². The van der Waals surface area contributed by atoms with Gasteiger partial charge in [0.25, 0.3) is 0 Å². The van der Waals surface area contributed by atoms with Crippen molar-refractivity contribution in [2.24, 2.45) is 5.73 Å². The second kappa shape index (κ2) is 3.79. The minimum absolute atomic E-state index is 0.275. The smallest absolute Gasteiger partial charge is 0.219 e. The molecule has 2 heterocycles. The first kappa shape index (κ1) is 9.21. The zero-order valence-electron chi connectivity index (χ0n) is 7.99. The first-order valence-corrected chi connectivity index (χ1v) is 4.80. The molecule has 14 heavy (non-hydrogen) atoms. The summed E-state index contributed by atoms with van der Waals surface area (Å²) in [5, 5.41) is 7.51. The van der Waals surface area contributed by atoms with E-state index in [0.717, 1.165) is 19.5 Å². The van der Waals surface area contributed by atoms with E-state index in [9.17, 15) is 4.79 Å². The van der Waals surface area contributed by atoms with Crippen LogP contribution in [0.4, 0.5) is 0 Å². The Balaban J connectivity index is 2.10. The number of carbonyl (C=O) groups excluding carboxylic acids is 1. The van der Waals surface area contributed by atoms with E-state index in [1.54, 1.807) is 0 Å². The number of primary amides is 1. The SMILES string of the molecule is NC(=O)CCn1ncc2c1CCNC2. The number of amides is 1. The van der Waals surface area contributed by atoms with E-state index in [-0.39, 0.29) is 5.91 Å². The van der Waals surface area contributed by atoms with Crippen LogP contribution in [0.3, 0.4) is 0 Å². The number of nitrogens with two attached hydrogens (primary N) is 1. The van der Waals surface area contributed by atoms with Gasteiger partial charge in [0.05, 0.1) is 6.20 Å². The molecule has 0 bridgehead atoms. The van der Waals surface area contributed by atoms with Crippen molar-refractivity contribution in [2.45, 2.75) is 25.9 Å². The Labute approximate surface area is 82.3 Å². The minimum atomic E-state index is -0.275. The molecule has 0 saturated heterocycles. The first-order chi connectivity index (χ1) is 6.77. The van der Waals surface area contributed by atoms with Crippen molar-refractivity contribution >= 4 is 5.91 Å². The molecule has 1 aromatic heterocycles. The second-order valence-electron chi connectivity index (χ2n) is 3.48. The maximum Gasteiger partial charge on any atom is 0.219 e. The number of carbonyl (C=O) groups is 1. The van der Waals surface area contributed by atoms with Gasteiger partial charge in [-0.25, -0.2) is 0 Å². The quantitative estimate of drug-likeness (QED) is 0.675. The predicted octanol–water partition coefficient (Wildman–Crippen LogP) is -0.596. The van der Waals surface area contributed by atoms with Crippen molar-refractivity contribution in [1.82, 2.24) is 15.1 Å². The molecule has 5 heteroatoms. The van der Waals surface area contributed by atoms with Crippen molar-refractivity contribution in [3.8, 4) is 0 Å². The van der Waals surface area contributed by atoms with Gasteiger partial charge in [0.2, 0.25) is 5.91 Å². The van der Waals surface area contributed by atoms with Crippen molar-refractivity contribution in [2.75, 3.05) is 6.54 Å². The molecule has 76 valence electrons. The van der Waals surface area contributed by atoms with Crippen molar-refractivity contribution < 1.29 is 4.79 Å². The van der Waals surface area contributed by atoms with Gasteiger partial charge in [-0.3, -0.25) is 9.48 Å². The van der Waals surface area contributed by atoms with Crippen LogP contribution in [0.1, 0.15) is 17.7 Å². The van der Waals surface area contributed by atoms with Crippen LogP contribution >= 0.6 is 0 Å². The largest absolute Gasteiger partial charge is 0.370 e. The van der Waals surface area contributed by atoms with Gasteiger partial charge in [0.15, 0.2) is 0 Å². The molecule has 0 atom stereocenters. The zero-order chi connectivity index (χ0) is 9.97. The summed E-state index contributed by atoms with van der Waals surface area (Å²) in [6.07, 6.45) is 3.21. The third-order valence-corrected chi connectivity index (χ3v) is 2.46. The predicted molar refractivity (Wildman–Crippen MR) is 51.4 cm³/mol. The summed E-state index contributed by atoms with van der Waals surface area (Å²) in [5.74, 6) is -0.275. The number of aryl methyl sites for hydroxylation is 1. The topological polar surface area (TPSA) is 72.9 Å². The molecule has 0 fully saturated rings. The molecule has 1 aliphatic rings. The molecule has 1 amide bonds. The van der Waals surface area contributed by atoms with E-state index in [0.29, 0.717) is 13.0 Å². The monoisotopic (exact) mass is 194 g/mol. The summed E-state index contributed by atoms with van der Waals surface area (Å²) in [4.78, 5) is 10.6. The third-order valence-electron chi connectivity index (χ3n) is 2.46. The molecule has 1 aliphatic heterocycles. The Morgan fingerprint density at radius 3 is 3.36 bits per heavy atom. The fourth-order valence-corrected chi connectivity index (χ4v) is 1.73. The summed E-state index contributed by atoms with van der Waals surface area (Å²) in [7, 11) is 0. The number of rotatable bonds is 3. The van der Waals surface area contributed by atoms with Crippen LogP contribution in [0.5, 0.6) is 0 Å². The molecular weight excluding hydrogens is 180 g/mol. The van der Waals surface area contributed by atoms with E-state index in [1.807, 2.05) is 10.9 Å². The van der Waals surface area contributed by atoms with Gasteiger partial charge < -0.3 is 11.1 Å². The van der Waals surface area contributed by atoms with Crippen LogP contribution in [-0.2, 0) is 24.3 Å². The van der Waals surface area contributed by atoms with Crippen molar-refractivity contribution in [3.05, 3.63) is 17.5 Å². The molecule has 3 N–H and O–H groups in total. The average Bonchev–Trinajstić information content (AvgIpc) is 2.58. The Hall–Kier alpha value is -1.36. The highest BCUT2D eigenvalue weighted by Crippen LogP contribution is 2.12. The lowest BCUT2D eigenvalue weighted by molar-refractivity contribution is -0.118. The van der Waals surface area contributed by atoms with Crippen molar-refractivity contribution in [1.29, 1.82) is 0 Å². The Morgan fingerprint density at radius 1 is 1.71 bits per heavy atom. The summed E-state index contributed by atoms with van der Waals surface area (Å²) in [6.45, 7) is 2.46. The normalized spacial score (nSPS) is 15.1. The molecule has 0 radical (unpaired) electrons. The first-order valence-electron chi connectivity index (χ1n) is 4.80. The molecule has 0 spiro atoms. The zero-order valence-corrected chi connectivity index (χ0v) is 7.99. The Bertz CT molecular complexity index is 345. The van der Waals surface area contributed by atoms with Crippen LogP contribution in [0, 0.1) is 0 Å². The maximum absolute atomic E-state index is 10.6. The van der Waals surface area contributed by atoms with Crippen LogP contribution in [0.15, 0.2) is 6.20 Å². The summed E-state index contributed by atoms with van der Waals surface area (Å²) < 4.78 is 1.89. The van der Waals surface area contributed by atoms with Crippen LogP contribution < -0.4 is 11.1 Å². The molecule has 0 aromatic carbocycles. The van der Waals surface area contributed by atoms with Gasteiger partial charge >= 0.3 is 0 Å². The number of hydrogen-bond acceptors (Lipinski definition) is 3. The highest BCUT2D eigenvalue weighted by Gasteiger charge is 2.14. The highest BCUT2D eigenvalue weighted by atomic mass is 16.1. The third kappa shape index (κ3) is 1.77. The molecular formula is C9H14N4O. The number of aromatic nitrogens is 2. The number of nitrogens with one attached hydrogen (secondary N) is 1. The second-order valence-corrected chi connectivity index (χ2v) is 3.48. The molecule has 1 aromatic rings. The molecule has 0 aliphatic carbocycles. The maximum atomic E-state index is 10.6. The van der Waals surface area contributed by atoms with Crippen LogP contribution in [0.2, 0.25) is 0 Å². The summed E-state index contributed by atoms with van der Waals surface area (Å²) in [6, 6.07) is 0. The van der Waals surface area contributed by atoms with Crippen LogP contribution in [-0.4, -0.2) is 22.2 Å². The average molecular weight is 194 g/mol. The number of fused-ring (bicyclic) bond motifs is 1. The molecule has 0 saturated carbocycles. The molecule has 2 rings (SSSR count). The number of nitrogens with zero attached hydrogens (tertiary/aromatic N) is 2. The number of hydrogen-bond donors (Lipinski definition) is 2. The fraction of sp³-hybridized carbons (Fsp3) is 0.556. The molecule has 0 unspecified atom stereocenters. The minimum Gasteiger partial charge on any atom is -0.370 e. The molecule has 5 nitrogen and oxygen atoms in total. The van der Waals surface area contributed by atoms with Gasteiger partial charge in [-0.15, -0.1) is 0 Å². The van der Waals surface area contributed by atoms with E-state index >= 15 is 0 Å². The highest BCUT2D eigenvalue weighted by molar-refractivity contribution is 5.73. The van der Waals surface area contributed by atoms with E-state index in [4.69, 9.17) is 5.73 Å². The van der Waals surface area contributed by atoms with Gasteiger partial charge in [-0.1, -0.05) is 0 Å². The lowest BCUT2D eigenvalue weighted by atomic mass is 10.1. The Kier molecular flexibility index (Phi) is 2.49. The Morgan fingerprint density at radius 2 is 2.57 bits per heavy atom. The lowest BCUT2D eigenvalue weighted by Crippen LogP contribution is -2.25. The summed E-state index contributed by atoms with van der Waals surface area (Å²) in [5.41, 5.74) is 7.57. The summed E-state index contributed by atoms with van der Waals surface area (Å²) >= 11 is 0. The van der Waals surface area contributed by atoms with E-state index in [1.165, 1.54) is 11.3 Å². The van der Waals surface area contributed by atoms with Gasteiger partial charge in [0, 0.05) is 43.7 Å². The van der Waals surface area contributed by atoms with E-state index in [2.05, 4.69) is 10.4 Å². The van der Waals surface area contributed by atoms with Gasteiger partial charge in [-0.2, -0.15) is 5.10 Å². The standard InChI is InChI=1S/C9H14N4O/c10-9(14)2-4-13-8-1-3-11-5-7(8)6-12-13/h6,11H,1-5H2,(H2,10,14). The van der Waals surface area contributed by atoms with Gasteiger partial charge in [-0.05, 0) is 0 Å². The van der Waals surface area contributed by atoms with Gasteiger partial charge in [0.1, 0.15) is 0 Å². The van der Waals surface area contributed by atoms with Crippen LogP contribution in [0.25, 0.3) is 0 Å². The van der Waals surface area contributed by atoms with E-state index < -0.39 is 0 Å². The lowest BCUT2D eigenvalue weighted by Gasteiger charge is -2.14. The fourth-order valence-electron chi connectivity index (χ4n) is 1.73.